The molecular formula is C21H22N4O3. The lowest BCUT2D eigenvalue weighted by atomic mass is 9.75. The van der Waals surface area contributed by atoms with E-state index in [0.717, 1.165) is 11.1 Å². The minimum atomic E-state index is -0.314. The van der Waals surface area contributed by atoms with E-state index in [9.17, 15) is 9.90 Å². The molecule has 7 heteroatoms. The third-order valence-electron chi connectivity index (χ3n) is 5.16. The van der Waals surface area contributed by atoms with Crippen LogP contribution in [-0.2, 0) is 0 Å². The van der Waals surface area contributed by atoms with Crippen LogP contribution in [0.25, 0.3) is 11.4 Å². The molecule has 1 aromatic carbocycles. The summed E-state index contributed by atoms with van der Waals surface area (Å²) in [6.07, 6.45) is 6.09. The zero-order chi connectivity index (χ0) is 19.5. The SMILES string of the molecule is COc1ccc([C@@H](NC(=O)c2ccccc2-c2ncc[nH]2)C2CC(O)C2)cn1. The molecule has 1 aliphatic carbocycles. The second-order valence-electron chi connectivity index (χ2n) is 6.95. The maximum Gasteiger partial charge on any atom is 0.252 e. The molecule has 1 amide bonds. The van der Waals surface area contributed by atoms with Crippen molar-refractivity contribution in [3.05, 3.63) is 66.1 Å². The molecule has 0 saturated heterocycles. The first-order valence-corrected chi connectivity index (χ1v) is 9.23. The molecule has 2 heterocycles. The van der Waals surface area contributed by atoms with Gasteiger partial charge in [0, 0.05) is 30.2 Å². The summed E-state index contributed by atoms with van der Waals surface area (Å²) in [5, 5.41) is 12.9. The van der Waals surface area contributed by atoms with E-state index in [0.29, 0.717) is 30.1 Å². The number of rotatable bonds is 6. The number of hydrogen-bond acceptors (Lipinski definition) is 5. The lowest BCUT2D eigenvalue weighted by Gasteiger charge is -2.38. The third kappa shape index (κ3) is 3.61. The van der Waals surface area contributed by atoms with E-state index in [2.05, 4.69) is 20.3 Å². The van der Waals surface area contributed by atoms with E-state index in [1.807, 2.05) is 24.3 Å². The number of carbonyl (C=O) groups is 1. The van der Waals surface area contributed by atoms with Gasteiger partial charge >= 0.3 is 0 Å². The predicted octanol–water partition coefficient (Wildman–Crippen LogP) is 2.72. The van der Waals surface area contributed by atoms with Gasteiger partial charge < -0.3 is 20.1 Å². The maximum absolute atomic E-state index is 13.1. The van der Waals surface area contributed by atoms with Crippen LogP contribution in [0, 0.1) is 5.92 Å². The average molecular weight is 378 g/mol. The molecule has 1 saturated carbocycles. The van der Waals surface area contributed by atoms with Gasteiger partial charge in [-0.1, -0.05) is 24.3 Å². The summed E-state index contributed by atoms with van der Waals surface area (Å²) in [6.45, 7) is 0. The number of imidazole rings is 1. The van der Waals surface area contributed by atoms with E-state index in [4.69, 9.17) is 4.74 Å². The summed E-state index contributed by atoms with van der Waals surface area (Å²) in [5.74, 6) is 1.14. The molecule has 0 spiro atoms. The fourth-order valence-corrected chi connectivity index (χ4v) is 3.59. The Morgan fingerprint density at radius 2 is 2.07 bits per heavy atom. The van der Waals surface area contributed by atoms with Crippen molar-refractivity contribution in [2.75, 3.05) is 7.11 Å². The fourth-order valence-electron chi connectivity index (χ4n) is 3.59. The Kier molecular flexibility index (Phi) is 5.08. The Hall–Kier alpha value is -3.19. The molecule has 0 bridgehead atoms. The van der Waals surface area contributed by atoms with Crippen molar-refractivity contribution in [2.45, 2.75) is 25.0 Å². The van der Waals surface area contributed by atoms with Crippen molar-refractivity contribution < 1.29 is 14.6 Å². The van der Waals surface area contributed by atoms with Crippen LogP contribution >= 0.6 is 0 Å². The zero-order valence-corrected chi connectivity index (χ0v) is 15.5. The second-order valence-corrected chi connectivity index (χ2v) is 6.95. The van der Waals surface area contributed by atoms with Crippen LogP contribution in [0.3, 0.4) is 0 Å². The van der Waals surface area contributed by atoms with Crippen LogP contribution in [0.5, 0.6) is 5.88 Å². The van der Waals surface area contributed by atoms with E-state index < -0.39 is 0 Å². The van der Waals surface area contributed by atoms with Gasteiger partial charge in [-0.3, -0.25) is 4.79 Å². The number of aromatic amines is 1. The van der Waals surface area contributed by atoms with E-state index >= 15 is 0 Å². The van der Waals surface area contributed by atoms with Gasteiger partial charge in [-0.25, -0.2) is 9.97 Å². The molecule has 1 atom stereocenters. The zero-order valence-electron chi connectivity index (χ0n) is 15.5. The van der Waals surface area contributed by atoms with Crippen LogP contribution < -0.4 is 10.1 Å². The monoisotopic (exact) mass is 378 g/mol. The molecule has 0 radical (unpaired) electrons. The van der Waals surface area contributed by atoms with Crippen LogP contribution in [0.1, 0.15) is 34.8 Å². The maximum atomic E-state index is 13.1. The van der Waals surface area contributed by atoms with Gasteiger partial charge in [0.05, 0.1) is 24.8 Å². The van der Waals surface area contributed by atoms with Crippen molar-refractivity contribution in [3.63, 3.8) is 0 Å². The number of methoxy groups -OCH3 is 1. The van der Waals surface area contributed by atoms with Gasteiger partial charge in [0.1, 0.15) is 5.82 Å². The normalized spacial score (nSPS) is 19.5. The molecule has 2 aromatic heterocycles. The Morgan fingerprint density at radius 1 is 1.25 bits per heavy atom. The number of nitrogens with zero attached hydrogens (tertiary/aromatic N) is 2. The number of nitrogens with one attached hydrogen (secondary N) is 2. The van der Waals surface area contributed by atoms with E-state index in [1.165, 1.54) is 0 Å². The first-order valence-electron chi connectivity index (χ1n) is 9.23. The number of aromatic nitrogens is 3. The Balaban J connectivity index is 1.61. The number of hydrogen-bond donors (Lipinski definition) is 3. The molecule has 7 nitrogen and oxygen atoms in total. The number of pyridine rings is 1. The van der Waals surface area contributed by atoms with Crippen LogP contribution in [-0.4, -0.2) is 39.2 Å². The summed E-state index contributed by atoms with van der Waals surface area (Å²) in [4.78, 5) is 24.7. The highest BCUT2D eigenvalue weighted by Gasteiger charge is 2.36. The quantitative estimate of drug-likeness (QED) is 0.612. The largest absolute Gasteiger partial charge is 0.481 e. The summed E-state index contributed by atoms with van der Waals surface area (Å²) in [7, 11) is 1.56. The van der Waals surface area contributed by atoms with Gasteiger partial charge in [0.2, 0.25) is 5.88 Å². The average Bonchev–Trinajstić information content (AvgIpc) is 3.25. The van der Waals surface area contributed by atoms with Gasteiger partial charge in [-0.05, 0) is 30.4 Å². The van der Waals surface area contributed by atoms with Crippen molar-refractivity contribution >= 4 is 5.91 Å². The number of carbonyl (C=O) groups excluding carboxylic acids is 1. The van der Waals surface area contributed by atoms with Crippen molar-refractivity contribution in [1.29, 1.82) is 0 Å². The molecule has 1 fully saturated rings. The molecule has 4 rings (SSSR count). The summed E-state index contributed by atoms with van der Waals surface area (Å²) in [6, 6.07) is 10.8. The minimum Gasteiger partial charge on any atom is -0.481 e. The van der Waals surface area contributed by atoms with Crippen LogP contribution in [0.4, 0.5) is 0 Å². The second kappa shape index (κ2) is 7.82. The molecule has 28 heavy (non-hydrogen) atoms. The van der Waals surface area contributed by atoms with Crippen molar-refractivity contribution in [1.82, 2.24) is 20.3 Å². The Bertz CT molecular complexity index is 935. The predicted molar refractivity (Wildman–Crippen MR) is 104 cm³/mol. The Labute approximate surface area is 162 Å². The molecular weight excluding hydrogens is 356 g/mol. The standard InChI is InChI=1S/C21H22N4O3/c1-28-18-7-6-13(12-24-18)19(14-10-15(26)11-14)25-21(27)17-5-3-2-4-16(17)20-22-8-9-23-20/h2-9,12,14-15,19,26H,10-11H2,1H3,(H,22,23)(H,25,27)/t14?,15?,19-/m1/s1. The van der Waals surface area contributed by atoms with Crippen LogP contribution in [0.15, 0.2) is 55.0 Å². The van der Waals surface area contributed by atoms with Crippen molar-refractivity contribution in [2.24, 2.45) is 5.92 Å². The smallest absolute Gasteiger partial charge is 0.252 e. The Morgan fingerprint density at radius 3 is 2.71 bits per heavy atom. The molecule has 3 N–H and O–H groups in total. The number of aliphatic hydroxyl groups is 1. The molecule has 3 aromatic rings. The lowest BCUT2D eigenvalue weighted by molar-refractivity contribution is 0.0234. The van der Waals surface area contributed by atoms with Gasteiger partial charge in [-0.2, -0.15) is 0 Å². The highest BCUT2D eigenvalue weighted by molar-refractivity contribution is 6.00. The molecule has 0 unspecified atom stereocenters. The number of amides is 1. The summed E-state index contributed by atoms with van der Waals surface area (Å²) < 4.78 is 5.13. The third-order valence-corrected chi connectivity index (χ3v) is 5.16. The van der Waals surface area contributed by atoms with Crippen molar-refractivity contribution in [3.8, 4) is 17.3 Å². The minimum absolute atomic E-state index is 0.157. The van der Waals surface area contributed by atoms with Crippen LogP contribution in [0.2, 0.25) is 0 Å². The first kappa shape index (κ1) is 18.2. The first-order chi connectivity index (χ1) is 13.7. The number of benzene rings is 1. The van der Waals surface area contributed by atoms with Gasteiger partial charge in [0.25, 0.3) is 5.91 Å². The van der Waals surface area contributed by atoms with Gasteiger partial charge in [-0.15, -0.1) is 0 Å². The molecule has 144 valence electrons. The van der Waals surface area contributed by atoms with E-state index in [-0.39, 0.29) is 24.0 Å². The molecule has 0 aliphatic heterocycles. The number of ether oxygens (including phenoxy) is 1. The summed E-state index contributed by atoms with van der Waals surface area (Å²) in [5.41, 5.74) is 2.18. The fraction of sp³-hybridized carbons (Fsp3) is 0.286. The highest BCUT2D eigenvalue weighted by Crippen LogP contribution is 2.38. The van der Waals surface area contributed by atoms with E-state index in [1.54, 1.807) is 37.8 Å². The van der Waals surface area contributed by atoms with Gasteiger partial charge in [0.15, 0.2) is 0 Å². The lowest BCUT2D eigenvalue weighted by Crippen LogP contribution is -2.41. The topological polar surface area (TPSA) is 100 Å². The molecule has 1 aliphatic rings. The summed E-state index contributed by atoms with van der Waals surface area (Å²) >= 11 is 0. The number of H-pyrrole nitrogens is 1. The highest BCUT2D eigenvalue weighted by atomic mass is 16.5. The number of aliphatic hydroxyl groups excluding tert-OH is 1.